The Kier molecular flexibility index (Phi) is 4.96. The maximum atomic E-state index is 12.9. The lowest BCUT2D eigenvalue weighted by atomic mass is 9.99. The number of carbonyl (C=O) groups is 1. The highest BCUT2D eigenvalue weighted by Crippen LogP contribution is 2.19. The van der Waals surface area contributed by atoms with Gasteiger partial charge in [0.1, 0.15) is 5.82 Å². The third-order valence-electron chi connectivity index (χ3n) is 4.11. The van der Waals surface area contributed by atoms with Gasteiger partial charge in [0.05, 0.1) is 5.54 Å². The molecule has 1 amide bonds. The summed E-state index contributed by atoms with van der Waals surface area (Å²) in [5.74, 6) is -0.164. The van der Waals surface area contributed by atoms with Crippen molar-refractivity contribution in [3.05, 3.63) is 35.6 Å². The van der Waals surface area contributed by atoms with E-state index in [1.165, 1.54) is 12.1 Å². The Bertz CT molecular complexity index is 481. The highest BCUT2D eigenvalue weighted by molar-refractivity contribution is 5.85. The van der Waals surface area contributed by atoms with Crippen LogP contribution < -0.4 is 5.32 Å². The number of likely N-dealkylation sites (N-methyl/N-ethyl adjacent to an activating group) is 1. The van der Waals surface area contributed by atoms with Crippen LogP contribution >= 0.6 is 0 Å². The molecule has 4 nitrogen and oxygen atoms in total. The average Bonchev–Trinajstić information content (AvgIpc) is 2.49. The molecule has 1 aliphatic rings. The van der Waals surface area contributed by atoms with E-state index in [9.17, 15) is 9.18 Å². The SMILES string of the molecule is CN(Cc1ccc(F)cc1)C(=O)C(C)(C)N1CCNCC1. The second-order valence-corrected chi connectivity index (χ2v) is 6.08. The first-order chi connectivity index (χ1) is 9.91. The van der Waals surface area contributed by atoms with Crippen LogP contribution in [0.15, 0.2) is 24.3 Å². The highest BCUT2D eigenvalue weighted by Gasteiger charge is 2.36. The minimum atomic E-state index is -0.517. The van der Waals surface area contributed by atoms with Crippen molar-refractivity contribution in [1.29, 1.82) is 0 Å². The Labute approximate surface area is 125 Å². The summed E-state index contributed by atoms with van der Waals surface area (Å²) in [4.78, 5) is 16.7. The van der Waals surface area contributed by atoms with Crippen molar-refractivity contribution in [3.63, 3.8) is 0 Å². The first-order valence-corrected chi connectivity index (χ1v) is 7.37. The molecule has 1 aliphatic heterocycles. The van der Waals surface area contributed by atoms with Crippen LogP contribution in [-0.2, 0) is 11.3 Å². The quantitative estimate of drug-likeness (QED) is 0.913. The molecule has 0 radical (unpaired) electrons. The molecule has 2 rings (SSSR count). The van der Waals surface area contributed by atoms with E-state index >= 15 is 0 Å². The van der Waals surface area contributed by atoms with Gasteiger partial charge >= 0.3 is 0 Å². The second-order valence-electron chi connectivity index (χ2n) is 6.08. The van der Waals surface area contributed by atoms with Crippen LogP contribution in [0.3, 0.4) is 0 Å². The Morgan fingerprint density at radius 1 is 1.29 bits per heavy atom. The summed E-state index contributed by atoms with van der Waals surface area (Å²) in [6, 6.07) is 6.29. The number of benzene rings is 1. The van der Waals surface area contributed by atoms with Gasteiger partial charge in [0.2, 0.25) is 5.91 Å². The van der Waals surface area contributed by atoms with Gasteiger partial charge in [-0.15, -0.1) is 0 Å². The largest absolute Gasteiger partial charge is 0.340 e. The number of piperazine rings is 1. The summed E-state index contributed by atoms with van der Waals surface area (Å²) in [6.07, 6.45) is 0. The lowest BCUT2D eigenvalue weighted by Crippen LogP contribution is -2.60. The molecule has 1 N–H and O–H groups in total. The summed E-state index contributed by atoms with van der Waals surface area (Å²) in [7, 11) is 1.80. The molecule has 116 valence electrons. The molecule has 0 atom stereocenters. The van der Waals surface area contributed by atoms with Crippen molar-refractivity contribution in [2.75, 3.05) is 33.2 Å². The van der Waals surface area contributed by atoms with Crippen molar-refractivity contribution < 1.29 is 9.18 Å². The molecule has 0 unspecified atom stereocenters. The van der Waals surface area contributed by atoms with Crippen LogP contribution in [0.5, 0.6) is 0 Å². The minimum absolute atomic E-state index is 0.0914. The van der Waals surface area contributed by atoms with Crippen molar-refractivity contribution in [2.45, 2.75) is 25.9 Å². The molecule has 1 aromatic carbocycles. The zero-order valence-corrected chi connectivity index (χ0v) is 13.0. The van der Waals surface area contributed by atoms with Crippen LogP contribution in [0.1, 0.15) is 19.4 Å². The van der Waals surface area contributed by atoms with Crippen LogP contribution in [0.25, 0.3) is 0 Å². The summed E-state index contributed by atoms with van der Waals surface area (Å²) < 4.78 is 12.9. The smallest absolute Gasteiger partial charge is 0.242 e. The molecule has 0 saturated carbocycles. The Morgan fingerprint density at radius 3 is 2.43 bits per heavy atom. The fourth-order valence-corrected chi connectivity index (χ4v) is 2.76. The number of halogens is 1. The number of nitrogens with zero attached hydrogens (tertiary/aromatic N) is 2. The average molecular weight is 293 g/mol. The van der Waals surface area contributed by atoms with E-state index in [1.54, 1.807) is 24.1 Å². The number of amides is 1. The number of nitrogens with one attached hydrogen (secondary N) is 1. The second kappa shape index (κ2) is 6.54. The van der Waals surface area contributed by atoms with Crippen molar-refractivity contribution in [2.24, 2.45) is 0 Å². The monoisotopic (exact) mass is 293 g/mol. The molecule has 0 spiro atoms. The Hall–Kier alpha value is -1.46. The molecular weight excluding hydrogens is 269 g/mol. The van der Waals surface area contributed by atoms with E-state index in [0.717, 1.165) is 31.7 Å². The highest BCUT2D eigenvalue weighted by atomic mass is 19.1. The Morgan fingerprint density at radius 2 is 1.86 bits per heavy atom. The van der Waals surface area contributed by atoms with Gasteiger partial charge in [-0.3, -0.25) is 9.69 Å². The van der Waals surface area contributed by atoms with Gasteiger partial charge in [0, 0.05) is 39.8 Å². The molecule has 0 bridgehead atoms. The third-order valence-corrected chi connectivity index (χ3v) is 4.11. The van der Waals surface area contributed by atoms with Crippen LogP contribution in [-0.4, -0.2) is 54.5 Å². The van der Waals surface area contributed by atoms with Crippen LogP contribution in [0, 0.1) is 5.82 Å². The van der Waals surface area contributed by atoms with Crippen LogP contribution in [0.4, 0.5) is 4.39 Å². The summed E-state index contributed by atoms with van der Waals surface area (Å²) in [6.45, 7) is 8.03. The molecule has 1 fully saturated rings. The predicted molar refractivity (Wildman–Crippen MR) is 81.4 cm³/mol. The first-order valence-electron chi connectivity index (χ1n) is 7.37. The lowest BCUT2D eigenvalue weighted by Gasteiger charge is -2.41. The van der Waals surface area contributed by atoms with Gasteiger partial charge in [-0.05, 0) is 31.5 Å². The molecule has 1 heterocycles. The maximum Gasteiger partial charge on any atom is 0.242 e. The fourth-order valence-electron chi connectivity index (χ4n) is 2.76. The Balaban J connectivity index is 2.01. The molecule has 0 aliphatic carbocycles. The normalized spacial score (nSPS) is 16.8. The standard InChI is InChI=1S/C16H24FN3O/c1-16(2,20-10-8-18-9-11-20)15(21)19(3)12-13-4-6-14(17)7-5-13/h4-7,18H,8-12H2,1-3H3. The van der Waals surface area contributed by atoms with E-state index in [0.29, 0.717) is 6.54 Å². The van der Waals surface area contributed by atoms with Gasteiger partial charge < -0.3 is 10.2 Å². The van der Waals surface area contributed by atoms with Gasteiger partial charge in [0.25, 0.3) is 0 Å². The predicted octanol–water partition coefficient (Wildman–Crippen LogP) is 1.47. The molecule has 5 heteroatoms. The van der Waals surface area contributed by atoms with Crippen molar-refractivity contribution in [1.82, 2.24) is 15.1 Å². The summed E-state index contributed by atoms with van der Waals surface area (Å²) >= 11 is 0. The fraction of sp³-hybridized carbons (Fsp3) is 0.562. The third kappa shape index (κ3) is 3.80. The van der Waals surface area contributed by atoms with E-state index in [1.807, 2.05) is 13.8 Å². The van der Waals surface area contributed by atoms with Crippen molar-refractivity contribution in [3.8, 4) is 0 Å². The summed E-state index contributed by atoms with van der Waals surface area (Å²) in [5, 5.41) is 3.30. The zero-order chi connectivity index (χ0) is 15.5. The molecule has 1 saturated heterocycles. The maximum absolute atomic E-state index is 12.9. The topological polar surface area (TPSA) is 35.6 Å². The number of rotatable bonds is 4. The van der Waals surface area contributed by atoms with Gasteiger partial charge in [-0.1, -0.05) is 12.1 Å². The zero-order valence-electron chi connectivity index (χ0n) is 13.0. The number of carbonyl (C=O) groups excluding carboxylic acids is 1. The number of hydrogen-bond acceptors (Lipinski definition) is 3. The molecule has 0 aromatic heterocycles. The minimum Gasteiger partial charge on any atom is -0.340 e. The van der Waals surface area contributed by atoms with E-state index < -0.39 is 5.54 Å². The number of hydrogen-bond donors (Lipinski definition) is 1. The van der Waals surface area contributed by atoms with Gasteiger partial charge in [0.15, 0.2) is 0 Å². The van der Waals surface area contributed by atoms with E-state index in [4.69, 9.17) is 0 Å². The molecule has 1 aromatic rings. The van der Waals surface area contributed by atoms with E-state index in [2.05, 4.69) is 10.2 Å². The van der Waals surface area contributed by atoms with Crippen molar-refractivity contribution >= 4 is 5.91 Å². The lowest BCUT2D eigenvalue weighted by molar-refractivity contribution is -0.142. The molecular formula is C16H24FN3O. The first kappa shape index (κ1) is 15.9. The molecule has 21 heavy (non-hydrogen) atoms. The van der Waals surface area contributed by atoms with Gasteiger partial charge in [-0.25, -0.2) is 4.39 Å². The van der Waals surface area contributed by atoms with E-state index in [-0.39, 0.29) is 11.7 Å². The van der Waals surface area contributed by atoms with Gasteiger partial charge in [-0.2, -0.15) is 0 Å². The summed E-state index contributed by atoms with van der Waals surface area (Å²) in [5.41, 5.74) is 0.417. The van der Waals surface area contributed by atoms with Crippen LogP contribution in [0.2, 0.25) is 0 Å².